The Morgan fingerprint density at radius 2 is 0.470 bits per heavy atom. The number of carbonyl (C=O) groups excluding carboxylic acids is 3. The van der Waals surface area contributed by atoms with Gasteiger partial charge in [-0.1, -0.05) is 304 Å². The second-order valence-electron chi connectivity index (χ2n) is 23.4. The second kappa shape index (κ2) is 70.6. The maximum atomic E-state index is 13.0. The molecule has 0 aliphatic rings. The van der Waals surface area contributed by atoms with Gasteiger partial charge < -0.3 is 14.2 Å². The van der Waals surface area contributed by atoms with Gasteiger partial charge in [-0.3, -0.25) is 14.4 Å². The first-order chi connectivity index (χ1) is 41.0. The van der Waals surface area contributed by atoms with Crippen LogP contribution in [0.25, 0.3) is 0 Å². The van der Waals surface area contributed by atoms with Crippen molar-refractivity contribution < 1.29 is 28.6 Å². The van der Waals surface area contributed by atoms with E-state index in [0.29, 0.717) is 19.3 Å². The molecule has 0 aromatic rings. The molecule has 6 heteroatoms. The molecule has 1 unspecified atom stereocenters. The molecule has 0 aliphatic heterocycles. The molecule has 0 saturated carbocycles. The summed E-state index contributed by atoms with van der Waals surface area (Å²) in [4.78, 5) is 38.4. The van der Waals surface area contributed by atoms with Gasteiger partial charge in [0, 0.05) is 19.3 Å². The van der Waals surface area contributed by atoms with Gasteiger partial charge in [0.2, 0.25) is 0 Å². The first-order valence-electron chi connectivity index (χ1n) is 35.4. The summed E-state index contributed by atoms with van der Waals surface area (Å²) in [5.41, 5.74) is 0. The van der Waals surface area contributed by atoms with Crippen LogP contribution in [0.15, 0.2) is 109 Å². The van der Waals surface area contributed by atoms with Gasteiger partial charge in [-0.25, -0.2) is 0 Å². The second-order valence-corrected chi connectivity index (χ2v) is 23.4. The third-order valence-corrected chi connectivity index (χ3v) is 15.2. The van der Waals surface area contributed by atoms with Crippen LogP contribution in [0.4, 0.5) is 0 Å². The van der Waals surface area contributed by atoms with Crippen molar-refractivity contribution in [1.82, 2.24) is 0 Å². The lowest BCUT2D eigenvalue weighted by atomic mass is 10.0. The first-order valence-corrected chi connectivity index (χ1v) is 35.4. The Bertz CT molecular complexity index is 1660. The summed E-state index contributed by atoms with van der Waals surface area (Å²) < 4.78 is 16.9. The average Bonchev–Trinajstić information content (AvgIpc) is 3.49. The highest BCUT2D eigenvalue weighted by Gasteiger charge is 2.19. The Morgan fingerprint density at radius 1 is 0.253 bits per heavy atom. The van der Waals surface area contributed by atoms with E-state index in [0.717, 1.165) is 109 Å². The minimum Gasteiger partial charge on any atom is -0.462 e. The Balaban J connectivity index is 4.35. The molecule has 0 radical (unpaired) electrons. The minimum atomic E-state index is -0.803. The molecule has 0 spiro atoms. The highest BCUT2D eigenvalue weighted by atomic mass is 16.6. The zero-order valence-electron chi connectivity index (χ0n) is 54.7. The van der Waals surface area contributed by atoms with Crippen LogP contribution in [0.2, 0.25) is 0 Å². The lowest BCUT2D eigenvalue weighted by Gasteiger charge is -2.18. The van der Waals surface area contributed by atoms with E-state index in [9.17, 15) is 14.4 Å². The molecule has 0 aromatic heterocycles. The molecule has 83 heavy (non-hydrogen) atoms. The van der Waals surface area contributed by atoms with Crippen molar-refractivity contribution in [3.05, 3.63) is 109 Å². The summed E-state index contributed by atoms with van der Waals surface area (Å²) >= 11 is 0. The van der Waals surface area contributed by atoms with E-state index in [-0.39, 0.29) is 31.1 Å². The number of ether oxygens (including phenoxy) is 3. The molecule has 0 aliphatic carbocycles. The zero-order valence-corrected chi connectivity index (χ0v) is 54.7. The van der Waals surface area contributed by atoms with E-state index in [1.54, 1.807) is 0 Å². The summed E-state index contributed by atoms with van der Waals surface area (Å²) in [7, 11) is 0. The fraction of sp³-hybridized carbons (Fsp3) is 0.727. The Morgan fingerprint density at radius 3 is 0.759 bits per heavy atom. The van der Waals surface area contributed by atoms with Gasteiger partial charge >= 0.3 is 17.9 Å². The highest BCUT2D eigenvalue weighted by molar-refractivity contribution is 5.71. The number of hydrogen-bond donors (Lipinski definition) is 0. The summed E-state index contributed by atoms with van der Waals surface area (Å²) in [5.74, 6) is -0.933. The molecule has 0 saturated heterocycles. The highest BCUT2D eigenvalue weighted by Crippen LogP contribution is 2.17. The van der Waals surface area contributed by atoms with Crippen molar-refractivity contribution >= 4 is 17.9 Å². The van der Waals surface area contributed by atoms with Crippen LogP contribution in [0.5, 0.6) is 0 Å². The lowest BCUT2D eigenvalue weighted by molar-refractivity contribution is -0.167. The molecule has 6 nitrogen and oxygen atoms in total. The molecule has 0 aromatic carbocycles. The predicted molar refractivity (Wildman–Crippen MR) is 362 cm³/mol. The van der Waals surface area contributed by atoms with E-state index in [1.807, 2.05) is 0 Å². The standard InChI is InChI=1S/C77H132O6/c1-4-7-10-13-16-19-22-25-28-30-32-34-36-37-38-39-41-42-44-46-49-52-55-58-61-64-67-70-76(79)82-73-74(72-81-75(78)69-66-63-60-57-54-51-48-27-24-21-18-15-12-9-6-3)83-77(80)71-68-65-62-59-56-53-50-47-45-43-40-35-33-31-29-26-23-20-17-14-11-8-5-2/h9,12,18,21-23,25-27,30-33,40,43,48,54,57,74H,4-8,10-11,13-17,19-20,24,28-29,34-39,41-42,44-47,49-53,55-56,58-73H2,1-3H3/b12-9-,21-18-,25-22-,26-23-,32-30-,33-31-,43-40-,48-27-,57-54-. The fourth-order valence-corrected chi connectivity index (χ4v) is 9.94. The number of hydrogen-bond acceptors (Lipinski definition) is 6. The first kappa shape index (κ1) is 79.1. The van der Waals surface area contributed by atoms with Crippen LogP contribution >= 0.6 is 0 Å². The monoisotopic (exact) mass is 1150 g/mol. The average molecular weight is 1150 g/mol. The molecule has 476 valence electrons. The third kappa shape index (κ3) is 68.7. The van der Waals surface area contributed by atoms with E-state index in [1.165, 1.54) is 193 Å². The summed E-state index contributed by atoms with van der Waals surface area (Å²) in [5, 5.41) is 0. The molecular formula is C77H132O6. The van der Waals surface area contributed by atoms with E-state index in [2.05, 4.69) is 130 Å². The maximum absolute atomic E-state index is 13.0. The summed E-state index contributed by atoms with van der Waals surface area (Å²) in [6.45, 7) is 6.50. The van der Waals surface area contributed by atoms with Crippen molar-refractivity contribution in [1.29, 1.82) is 0 Å². The molecular weight excluding hydrogens is 1020 g/mol. The van der Waals surface area contributed by atoms with Crippen molar-refractivity contribution in [2.24, 2.45) is 0 Å². The van der Waals surface area contributed by atoms with E-state index < -0.39 is 6.10 Å². The fourth-order valence-electron chi connectivity index (χ4n) is 9.94. The molecule has 0 heterocycles. The Labute approximate surface area is 514 Å². The van der Waals surface area contributed by atoms with Gasteiger partial charge in [0.25, 0.3) is 0 Å². The smallest absolute Gasteiger partial charge is 0.306 e. The lowest BCUT2D eigenvalue weighted by Crippen LogP contribution is -2.30. The topological polar surface area (TPSA) is 78.9 Å². The molecule has 0 amide bonds. The Hall–Kier alpha value is -3.93. The third-order valence-electron chi connectivity index (χ3n) is 15.2. The minimum absolute atomic E-state index is 0.0939. The summed E-state index contributed by atoms with van der Waals surface area (Å²) in [6, 6.07) is 0. The van der Waals surface area contributed by atoms with Gasteiger partial charge in [-0.05, 0) is 128 Å². The number of allylic oxidation sites excluding steroid dienone is 18. The van der Waals surface area contributed by atoms with Crippen molar-refractivity contribution in [3.63, 3.8) is 0 Å². The van der Waals surface area contributed by atoms with E-state index >= 15 is 0 Å². The molecule has 0 N–H and O–H groups in total. The SMILES string of the molecule is CC/C=C\C/C=C\C/C=C\C/C=C\CCCCC(=O)OCC(COC(=O)CCCCCCCCCCCCCCCCC/C=C\C/C=C\CCCCCCC)OC(=O)CCCCCCCCCC/C=C\C/C=C\C/C=C\CCCCCCC. The van der Waals surface area contributed by atoms with Crippen molar-refractivity contribution in [2.45, 2.75) is 348 Å². The number of unbranched alkanes of at least 4 members (excludes halogenated alkanes) is 35. The van der Waals surface area contributed by atoms with Crippen molar-refractivity contribution in [3.8, 4) is 0 Å². The molecule has 0 bridgehead atoms. The van der Waals surface area contributed by atoms with E-state index in [4.69, 9.17) is 14.2 Å². The number of carbonyl (C=O) groups is 3. The van der Waals surface area contributed by atoms with Crippen LogP contribution in [0.1, 0.15) is 342 Å². The quantitative estimate of drug-likeness (QED) is 0.0261. The van der Waals surface area contributed by atoms with Crippen molar-refractivity contribution in [2.75, 3.05) is 13.2 Å². The molecule has 0 fully saturated rings. The Kier molecular flexibility index (Phi) is 67.2. The predicted octanol–water partition coefficient (Wildman–Crippen LogP) is 24.6. The van der Waals surface area contributed by atoms with Crippen LogP contribution in [0.3, 0.4) is 0 Å². The number of esters is 3. The largest absolute Gasteiger partial charge is 0.462 e. The van der Waals surface area contributed by atoms with Crippen LogP contribution < -0.4 is 0 Å². The van der Waals surface area contributed by atoms with Gasteiger partial charge in [-0.2, -0.15) is 0 Å². The van der Waals surface area contributed by atoms with Gasteiger partial charge in [0.15, 0.2) is 6.10 Å². The maximum Gasteiger partial charge on any atom is 0.306 e. The van der Waals surface area contributed by atoms with Gasteiger partial charge in [0.05, 0.1) is 0 Å². The normalized spacial score (nSPS) is 12.8. The zero-order chi connectivity index (χ0) is 59.9. The van der Waals surface area contributed by atoms with Gasteiger partial charge in [-0.15, -0.1) is 0 Å². The van der Waals surface area contributed by atoms with Crippen LogP contribution in [0, 0.1) is 0 Å². The molecule has 0 rings (SSSR count). The van der Waals surface area contributed by atoms with Gasteiger partial charge in [0.1, 0.15) is 13.2 Å². The molecule has 1 atom stereocenters. The van der Waals surface area contributed by atoms with Crippen LogP contribution in [-0.2, 0) is 28.6 Å². The van der Waals surface area contributed by atoms with Crippen LogP contribution in [-0.4, -0.2) is 37.2 Å². The number of rotatable bonds is 64. The summed E-state index contributed by atoms with van der Waals surface area (Å²) in [6.07, 6.45) is 96.9.